The average molecular weight is 458 g/mol. The number of hydrogen-bond acceptors (Lipinski definition) is 7. The van der Waals surface area contributed by atoms with Crippen LogP contribution >= 0.6 is 0 Å². The highest BCUT2D eigenvalue weighted by atomic mass is 16.5. The quantitative estimate of drug-likeness (QED) is 0.434. The zero-order chi connectivity index (χ0) is 23.5. The first-order valence-electron chi connectivity index (χ1n) is 11.5. The van der Waals surface area contributed by atoms with Gasteiger partial charge in [0, 0.05) is 31.7 Å². The van der Waals surface area contributed by atoms with E-state index in [-0.39, 0.29) is 5.91 Å². The van der Waals surface area contributed by atoms with Crippen LogP contribution in [0, 0.1) is 13.8 Å². The van der Waals surface area contributed by atoms with E-state index in [2.05, 4.69) is 20.3 Å². The molecule has 1 aliphatic heterocycles. The van der Waals surface area contributed by atoms with E-state index in [0.29, 0.717) is 49.3 Å². The zero-order valence-corrected chi connectivity index (χ0v) is 19.4. The lowest BCUT2D eigenvalue weighted by Gasteiger charge is -2.34. The van der Waals surface area contributed by atoms with Crippen molar-refractivity contribution in [3.63, 3.8) is 0 Å². The zero-order valence-electron chi connectivity index (χ0n) is 19.4. The van der Waals surface area contributed by atoms with Crippen LogP contribution in [0.1, 0.15) is 22.8 Å². The molecule has 0 bridgehead atoms. The summed E-state index contributed by atoms with van der Waals surface area (Å²) < 4.78 is 11.4. The minimum absolute atomic E-state index is 0.167. The second-order valence-electron chi connectivity index (χ2n) is 8.65. The van der Waals surface area contributed by atoms with Crippen LogP contribution in [-0.4, -0.2) is 57.2 Å². The molecule has 0 radical (unpaired) electrons. The molecule has 8 nitrogen and oxygen atoms in total. The van der Waals surface area contributed by atoms with Crippen LogP contribution in [0.15, 0.2) is 63.5 Å². The van der Waals surface area contributed by atoms with Gasteiger partial charge in [-0.1, -0.05) is 65.3 Å². The van der Waals surface area contributed by atoms with Crippen molar-refractivity contribution in [2.45, 2.75) is 26.8 Å². The summed E-state index contributed by atoms with van der Waals surface area (Å²) in [5.74, 6) is 1.74. The first kappa shape index (κ1) is 22.0. The molecule has 174 valence electrons. The summed E-state index contributed by atoms with van der Waals surface area (Å²) in [7, 11) is 0. The molecule has 1 fully saturated rings. The van der Waals surface area contributed by atoms with Crippen molar-refractivity contribution in [1.29, 1.82) is 0 Å². The molecule has 8 heteroatoms. The fourth-order valence-corrected chi connectivity index (χ4v) is 4.17. The van der Waals surface area contributed by atoms with Crippen LogP contribution in [0.2, 0.25) is 0 Å². The molecule has 34 heavy (non-hydrogen) atoms. The summed E-state index contributed by atoms with van der Waals surface area (Å²) >= 11 is 0. The molecule has 5 rings (SSSR count). The van der Waals surface area contributed by atoms with Gasteiger partial charge in [0.2, 0.25) is 11.8 Å². The molecule has 0 saturated carbocycles. The number of hydrogen-bond donors (Lipinski definition) is 0. The van der Waals surface area contributed by atoms with Crippen molar-refractivity contribution in [1.82, 2.24) is 25.2 Å². The van der Waals surface area contributed by atoms with Gasteiger partial charge < -0.3 is 13.8 Å². The lowest BCUT2D eigenvalue weighted by atomic mass is 10.1. The van der Waals surface area contributed by atoms with Gasteiger partial charge in [-0.2, -0.15) is 0 Å². The molecule has 0 spiro atoms. The highest BCUT2D eigenvalue weighted by Gasteiger charge is 2.25. The highest BCUT2D eigenvalue weighted by Crippen LogP contribution is 2.33. The summed E-state index contributed by atoms with van der Waals surface area (Å²) in [5, 5.41) is 12.7. The number of carbonyl (C=O) groups excluding carboxylic acids is 1. The Balaban J connectivity index is 1.19. The van der Waals surface area contributed by atoms with Gasteiger partial charge >= 0.3 is 0 Å². The number of benzene rings is 2. The summed E-state index contributed by atoms with van der Waals surface area (Å²) in [6.07, 6.45) is 0.440. The number of aromatic nitrogens is 3. The Labute approximate surface area is 198 Å². The molecule has 1 saturated heterocycles. The maximum Gasteiger partial charge on any atom is 0.253 e. The van der Waals surface area contributed by atoms with Gasteiger partial charge in [0.25, 0.3) is 5.89 Å². The third kappa shape index (κ3) is 4.77. The van der Waals surface area contributed by atoms with E-state index in [1.54, 1.807) is 0 Å². The summed E-state index contributed by atoms with van der Waals surface area (Å²) in [5.41, 5.74) is 4.59. The highest BCUT2D eigenvalue weighted by molar-refractivity contribution is 5.79. The SMILES string of the molecule is Cc1ccc(CC(=O)N2CCN(Cc3nnc(-c4c(-c5ccccc5)noc4C)o3)CC2)cc1. The largest absolute Gasteiger partial charge is 0.419 e. The second-order valence-corrected chi connectivity index (χ2v) is 8.65. The van der Waals surface area contributed by atoms with E-state index >= 15 is 0 Å². The number of piperazine rings is 1. The van der Waals surface area contributed by atoms with E-state index in [4.69, 9.17) is 8.94 Å². The number of amides is 1. The molecule has 3 heterocycles. The van der Waals surface area contributed by atoms with Crippen LogP contribution in [0.25, 0.3) is 22.7 Å². The van der Waals surface area contributed by atoms with Crippen molar-refractivity contribution in [2.24, 2.45) is 0 Å². The average Bonchev–Trinajstić information content (AvgIpc) is 3.47. The molecule has 0 atom stereocenters. The van der Waals surface area contributed by atoms with Gasteiger partial charge in [-0.05, 0) is 19.4 Å². The number of rotatable bonds is 6. The van der Waals surface area contributed by atoms with Gasteiger partial charge in [0.1, 0.15) is 17.0 Å². The molecule has 2 aromatic heterocycles. The lowest BCUT2D eigenvalue weighted by Crippen LogP contribution is -2.48. The topological polar surface area (TPSA) is 88.5 Å². The molecule has 0 aliphatic carbocycles. The smallest absolute Gasteiger partial charge is 0.253 e. The maximum absolute atomic E-state index is 12.7. The molecule has 0 N–H and O–H groups in total. The van der Waals surface area contributed by atoms with E-state index in [1.165, 1.54) is 5.56 Å². The van der Waals surface area contributed by atoms with E-state index < -0.39 is 0 Å². The van der Waals surface area contributed by atoms with Crippen molar-refractivity contribution >= 4 is 5.91 Å². The molecule has 2 aromatic carbocycles. The predicted molar refractivity (Wildman–Crippen MR) is 127 cm³/mol. The Morgan fingerprint density at radius 2 is 1.68 bits per heavy atom. The fraction of sp³-hybridized carbons (Fsp3) is 0.308. The van der Waals surface area contributed by atoms with Crippen LogP contribution in [-0.2, 0) is 17.8 Å². The van der Waals surface area contributed by atoms with E-state index in [1.807, 2.05) is 73.3 Å². The van der Waals surface area contributed by atoms with Crippen molar-refractivity contribution < 1.29 is 13.7 Å². The van der Waals surface area contributed by atoms with Crippen LogP contribution < -0.4 is 0 Å². The molecule has 0 unspecified atom stereocenters. The van der Waals surface area contributed by atoms with E-state index in [9.17, 15) is 4.79 Å². The van der Waals surface area contributed by atoms with Crippen molar-refractivity contribution in [2.75, 3.05) is 26.2 Å². The minimum atomic E-state index is 0.167. The first-order valence-corrected chi connectivity index (χ1v) is 11.5. The van der Waals surface area contributed by atoms with Crippen molar-refractivity contribution in [3.8, 4) is 22.7 Å². The van der Waals surface area contributed by atoms with Gasteiger partial charge in [0.15, 0.2) is 0 Å². The molecule has 4 aromatic rings. The third-order valence-corrected chi connectivity index (χ3v) is 6.15. The monoisotopic (exact) mass is 457 g/mol. The normalized spacial score (nSPS) is 14.5. The molecular weight excluding hydrogens is 430 g/mol. The van der Waals surface area contributed by atoms with Gasteiger partial charge in [0.05, 0.1) is 13.0 Å². The number of aryl methyl sites for hydroxylation is 2. The molecule has 1 aliphatic rings. The van der Waals surface area contributed by atoms with Gasteiger partial charge in [-0.15, -0.1) is 10.2 Å². The Bertz CT molecular complexity index is 1260. The Morgan fingerprint density at radius 1 is 0.941 bits per heavy atom. The Morgan fingerprint density at radius 3 is 2.41 bits per heavy atom. The van der Waals surface area contributed by atoms with E-state index in [0.717, 1.165) is 29.8 Å². The van der Waals surface area contributed by atoms with Crippen LogP contribution in [0.5, 0.6) is 0 Å². The second kappa shape index (κ2) is 9.61. The Kier molecular flexibility index (Phi) is 6.22. The van der Waals surface area contributed by atoms with Crippen LogP contribution in [0.4, 0.5) is 0 Å². The molecular formula is C26H27N5O3. The fourth-order valence-electron chi connectivity index (χ4n) is 4.17. The minimum Gasteiger partial charge on any atom is -0.419 e. The number of carbonyl (C=O) groups is 1. The summed E-state index contributed by atoms with van der Waals surface area (Å²) in [6.45, 7) is 7.33. The Hall–Kier alpha value is -3.78. The summed E-state index contributed by atoms with van der Waals surface area (Å²) in [4.78, 5) is 16.8. The van der Waals surface area contributed by atoms with Gasteiger partial charge in [-0.25, -0.2) is 0 Å². The lowest BCUT2D eigenvalue weighted by molar-refractivity contribution is -0.132. The predicted octanol–water partition coefficient (Wildman–Crippen LogP) is 3.90. The molecule has 1 amide bonds. The maximum atomic E-state index is 12.7. The standard InChI is InChI=1S/C26H27N5O3/c1-18-8-10-20(11-9-18)16-23(32)31-14-12-30(13-15-31)17-22-27-28-26(33-22)24-19(2)34-29-25(24)21-6-4-3-5-7-21/h3-11H,12-17H2,1-2H3. The first-order chi connectivity index (χ1) is 16.6. The van der Waals surface area contributed by atoms with Crippen molar-refractivity contribution in [3.05, 3.63) is 77.4 Å². The van der Waals surface area contributed by atoms with Crippen LogP contribution in [0.3, 0.4) is 0 Å². The van der Waals surface area contributed by atoms with Gasteiger partial charge in [-0.3, -0.25) is 9.69 Å². The third-order valence-electron chi connectivity index (χ3n) is 6.15. The number of nitrogens with zero attached hydrogens (tertiary/aromatic N) is 5. The summed E-state index contributed by atoms with van der Waals surface area (Å²) in [6, 6.07) is 17.9.